The maximum atomic E-state index is 4.12. The Bertz CT molecular complexity index is 344. The van der Waals surface area contributed by atoms with Crippen LogP contribution in [0.25, 0.3) is 0 Å². The summed E-state index contributed by atoms with van der Waals surface area (Å²) in [5, 5.41) is 0.955. The lowest BCUT2D eigenvalue weighted by Crippen LogP contribution is -1.81. The largest absolute Gasteiger partial charge is 0.340 e. The number of hydrogen-bond acceptors (Lipinski definition) is 3. The number of rotatable bonds is 3. The summed E-state index contributed by atoms with van der Waals surface area (Å²) in [7, 11) is 0. The maximum Gasteiger partial charge on any atom is 0.165 e. The highest BCUT2D eigenvalue weighted by Crippen LogP contribution is 2.17. The molecule has 0 aliphatic rings. The molecule has 2 aromatic heterocycles. The van der Waals surface area contributed by atoms with Gasteiger partial charge in [0, 0.05) is 30.5 Å². The average molecular weight is 191 g/mol. The molecule has 0 aromatic carbocycles. The van der Waals surface area contributed by atoms with E-state index in [1.54, 1.807) is 30.4 Å². The molecular formula is C9H9N3S. The number of thioether (sulfide) groups is 1. The summed E-state index contributed by atoms with van der Waals surface area (Å²) in [5.74, 6) is 0.927. The van der Waals surface area contributed by atoms with Gasteiger partial charge in [0.2, 0.25) is 0 Å². The van der Waals surface area contributed by atoms with Gasteiger partial charge in [-0.25, -0.2) is 4.98 Å². The fraction of sp³-hybridized carbons (Fsp3) is 0.111. The van der Waals surface area contributed by atoms with E-state index in [2.05, 4.69) is 15.0 Å². The van der Waals surface area contributed by atoms with Gasteiger partial charge in [-0.05, 0) is 17.7 Å². The fourth-order valence-corrected chi connectivity index (χ4v) is 1.74. The maximum absolute atomic E-state index is 4.12. The molecule has 2 rings (SSSR count). The average Bonchev–Trinajstić information content (AvgIpc) is 2.69. The second kappa shape index (κ2) is 4.09. The minimum atomic E-state index is 0.927. The topological polar surface area (TPSA) is 41.6 Å². The van der Waals surface area contributed by atoms with Crippen LogP contribution in [0.3, 0.4) is 0 Å². The van der Waals surface area contributed by atoms with Crippen LogP contribution in [0.1, 0.15) is 5.56 Å². The summed E-state index contributed by atoms with van der Waals surface area (Å²) < 4.78 is 0. The highest BCUT2D eigenvalue weighted by Gasteiger charge is 1.96. The zero-order valence-corrected chi connectivity index (χ0v) is 7.79. The molecule has 2 aromatic rings. The zero-order chi connectivity index (χ0) is 8.93. The predicted octanol–water partition coefficient (Wildman–Crippen LogP) is 2.10. The summed E-state index contributed by atoms with van der Waals surface area (Å²) in [4.78, 5) is 11.1. The lowest BCUT2D eigenvalue weighted by molar-refractivity contribution is 1.06. The molecular weight excluding hydrogens is 182 g/mol. The Hall–Kier alpha value is -1.29. The number of imidazole rings is 1. The number of nitrogens with one attached hydrogen (secondary N) is 1. The molecule has 0 unspecified atom stereocenters. The van der Waals surface area contributed by atoms with Gasteiger partial charge in [-0.3, -0.25) is 4.98 Å². The fourth-order valence-electron chi connectivity index (χ4n) is 0.960. The summed E-state index contributed by atoms with van der Waals surface area (Å²) in [5.41, 5.74) is 1.26. The number of nitrogens with zero attached hydrogens (tertiary/aromatic N) is 2. The SMILES string of the molecule is c1cc(CSc2ncc[nH]2)ccn1. The molecule has 0 aliphatic heterocycles. The molecule has 2 heterocycles. The smallest absolute Gasteiger partial charge is 0.165 e. The highest BCUT2D eigenvalue weighted by atomic mass is 32.2. The van der Waals surface area contributed by atoms with Gasteiger partial charge in [-0.2, -0.15) is 0 Å². The van der Waals surface area contributed by atoms with Crippen molar-refractivity contribution in [3.05, 3.63) is 42.5 Å². The summed E-state index contributed by atoms with van der Waals surface area (Å²) >= 11 is 1.69. The van der Waals surface area contributed by atoms with Crippen molar-refractivity contribution >= 4 is 11.8 Å². The number of H-pyrrole nitrogens is 1. The van der Waals surface area contributed by atoms with E-state index in [0.29, 0.717) is 0 Å². The van der Waals surface area contributed by atoms with Crippen molar-refractivity contribution in [2.24, 2.45) is 0 Å². The number of hydrogen-bond donors (Lipinski definition) is 1. The van der Waals surface area contributed by atoms with Gasteiger partial charge in [-0.15, -0.1) is 0 Å². The van der Waals surface area contributed by atoms with Crippen molar-refractivity contribution in [3.63, 3.8) is 0 Å². The molecule has 0 radical (unpaired) electrons. The Morgan fingerprint density at radius 3 is 2.77 bits per heavy atom. The normalized spacial score (nSPS) is 10.2. The highest BCUT2D eigenvalue weighted by molar-refractivity contribution is 7.98. The van der Waals surface area contributed by atoms with Crippen molar-refractivity contribution in [2.75, 3.05) is 0 Å². The van der Waals surface area contributed by atoms with Crippen LogP contribution in [0.4, 0.5) is 0 Å². The van der Waals surface area contributed by atoms with Crippen molar-refractivity contribution in [2.45, 2.75) is 10.9 Å². The van der Waals surface area contributed by atoms with Crippen LogP contribution in [-0.2, 0) is 5.75 Å². The lowest BCUT2D eigenvalue weighted by Gasteiger charge is -1.96. The van der Waals surface area contributed by atoms with E-state index in [4.69, 9.17) is 0 Å². The second-order valence-corrected chi connectivity index (χ2v) is 3.50. The van der Waals surface area contributed by atoms with Gasteiger partial charge in [0.05, 0.1) is 0 Å². The molecule has 0 saturated heterocycles. The molecule has 3 nitrogen and oxygen atoms in total. The second-order valence-electron chi connectivity index (χ2n) is 2.54. The quantitative estimate of drug-likeness (QED) is 0.755. The van der Waals surface area contributed by atoms with Crippen LogP contribution in [0, 0.1) is 0 Å². The molecule has 4 heteroatoms. The van der Waals surface area contributed by atoms with Crippen LogP contribution >= 0.6 is 11.8 Å². The first kappa shape index (κ1) is 8.31. The molecule has 0 spiro atoms. The molecule has 0 aliphatic carbocycles. The van der Waals surface area contributed by atoms with E-state index >= 15 is 0 Å². The Kier molecular flexibility index (Phi) is 2.62. The van der Waals surface area contributed by atoms with E-state index < -0.39 is 0 Å². The van der Waals surface area contributed by atoms with Crippen molar-refractivity contribution in [1.82, 2.24) is 15.0 Å². The van der Waals surface area contributed by atoms with Gasteiger partial charge in [-0.1, -0.05) is 11.8 Å². The molecule has 0 amide bonds. The Morgan fingerprint density at radius 2 is 2.08 bits per heavy atom. The summed E-state index contributed by atoms with van der Waals surface area (Å²) in [6.45, 7) is 0. The number of aromatic nitrogens is 3. The van der Waals surface area contributed by atoms with E-state index in [1.807, 2.05) is 18.3 Å². The molecule has 0 fully saturated rings. The summed E-state index contributed by atoms with van der Waals surface area (Å²) in [6, 6.07) is 4.02. The third kappa shape index (κ3) is 2.32. The Morgan fingerprint density at radius 1 is 1.23 bits per heavy atom. The van der Waals surface area contributed by atoms with Crippen molar-refractivity contribution in [1.29, 1.82) is 0 Å². The predicted molar refractivity (Wildman–Crippen MR) is 52.4 cm³/mol. The third-order valence-electron chi connectivity index (χ3n) is 1.60. The van der Waals surface area contributed by atoms with Crippen LogP contribution < -0.4 is 0 Å². The summed E-state index contributed by atoms with van der Waals surface area (Å²) in [6.07, 6.45) is 7.19. The van der Waals surface area contributed by atoms with Crippen LogP contribution in [0.2, 0.25) is 0 Å². The molecule has 0 saturated carbocycles. The zero-order valence-electron chi connectivity index (χ0n) is 6.97. The first-order valence-electron chi connectivity index (χ1n) is 3.96. The van der Waals surface area contributed by atoms with Gasteiger partial charge >= 0.3 is 0 Å². The van der Waals surface area contributed by atoms with Crippen LogP contribution in [0.15, 0.2) is 42.1 Å². The van der Waals surface area contributed by atoms with Gasteiger partial charge in [0.1, 0.15) is 0 Å². The van der Waals surface area contributed by atoms with E-state index in [0.717, 1.165) is 10.9 Å². The van der Waals surface area contributed by atoms with Gasteiger partial charge in [0.25, 0.3) is 0 Å². The van der Waals surface area contributed by atoms with Crippen molar-refractivity contribution < 1.29 is 0 Å². The minimum absolute atomic E-state index is 0.927. The molecule has 66 valence electrons. The van der Waals surface area contributed by atoms with Crippen LogP contribution in [0.5, 0.6) is 0 Å². The van der Waals surface area contributed by atoms with E-state index in [-0.39, 0.29) is 0 Å². The molecule has 0 bridgehead atoms. The van der Waals surface area contributed by atoms with E-state index in [9.17, 15) is 0 Å². The molecule has 0 atom stereocenters. The van der Waals surface area contributed by atoms with Gasteiger partial charge < -0.3 is 4.98 Å². The Labute approximate surface area is 80.6 Å². The monoisotopic (exact) mass is 191 g/mol. The number of pyridine rings is 1. The van der Waals surface area contributed by atoms with Crippen LogP contribution in [-0.4, -0.2) is 15.0 Å². The Balaban J connectivity index is 1.94. The van der Waals surface area contributed by atoms with Crippen molar-refractivity contribution in [3.8, 4) is 0 Å². The first-order chi connectivity index (χ1) is 6.45. The van der Waals surface area contributed by atoms with E-state index in [1.165, 1.54) is 5.56 Å². The lowest BCUT2D eigenvalue weighted by atomic mass is 10.3. The van der Waals surface area contributed by atoms with Gasteiger partial charge in [0.15, 0.2) is 5.16 Å². The third-order valence-corrected chi connectivity index (χ3v) is 2.57. The standard InChI is InChI=1S/C9H9N3S/c1-3-10-4-2-8(1)7-13-9-11-5-6-12-9/h1-6H,7H2,(H,11,12). The number of aromatic amines is 1. The minimum Gasteiger partial charge on any atom is -0.340 e. The molecule has 13 heavy (non-hydrogen) atoms. The molecule has 1 N–H and O–H groups in total. The first-order valence-corrected chi connectivity index (χ1v) is 4.95.